The molecule has 0 radical (unpaired) electrons. The molecule has 18 heavy (non-hydrogen) atoms. The van der Waals surface area contributed by atoms with Crippen LogP contribution in [0.3, 0.4) is 0 Å². The minimum Gasteiger partial charge on any atom is -0.396 e. The largest absolute Gasteiger partial charge is 0.396 e. The van der Waals surface area contributed by atoms with Crippen LogP contribution in [0.4, 0.5) is 0 Å². The number of hydrogen-bond donors (Lipinski definition) is 2. The van der Waals surface area contributed by atoms with Crippen LogP contribution in [-0.4, -0.2) is 45.1 Å². The molecule has 1 rings (SSSR count). The maximum atomic E-state index is 12.1. The molecule has 0 saturated carbocycles. The summed E-state index contributed by atoms with van der Waals surface area (Å²) >= 11 is 0. The molecule has 0 spiro atoms. The van der Waals surface area contributed by atoms with Crippen LogP contribution in [0.2, 0.25) is 0 Å². The highest BCUT2D eigenvalue weighted by atomic mass is 32.2. The van der Waals surface area contributed by atoms with Crippen LogP contribution in [0.5, 0.6) is 0 Å². The number of sulfonamides is 1. The first-order valence-electron chi connectivity index (χ1n) is 5.83. The summed E-state index contributed by atoms with van der Waals surface area (Å²) in [6, 6.07) is 6.81. The first-order chi connectivity index (χ1) is 8.52. The fourth-order valence-electron chi connectivity index (χ4n) is 1.58. The van der Waals surface area contributed by atoms with Gasteiger partial charge in [-0.1, -0.05) is 12.1 Å². The summed E-state index contributed by atoms with van der Waals surface area (Å²) in [6.45, 7) is 1.01. The third kappa shape index (κ3) is 3.78. The molecule has 1 aromatic rings. The molecule has 0 aliphatic rings. The van der Waals surface area contributed by atoms with Crippen LogP contribution < -0.4 is 5.32 Å². The van der Waals surface area contributed by atoms with Gasteiger partial charge in [0.15, 0.2) is 0 Å². The average molecular weight is 272 g/mol. The number of benzene rings is 1. The normalized spacial score (nSPS) is 12.0. The topological polar surface area (TPSA) is 69.6 Å². The molecule has 1 aromatic carbocycles. The van der Waals surface area contributed by atoms with E-state index < -0.39 is 10.0 Å². The molecule has 0 bridgehead atoms. The zero-order chi connectivity index (χ0) is 13.6. The van der Waals surface area contributed by atoms with Gasteiger partial charge in [0.25, 0.3) is 0 Å². The van der Waals surface area contributed by atoms with Gasteiger partial charge >= 0.3 is 0 Å². The van der Waals surface area contributed by atoms with Crippen molar-refractivity contribution in [2.24, 2.45) is 0 Å². The average Bonchev–Trinajstić information content (AvgIpc) is 2.37. The van der Waals surface area contributed by atoms with Gasteiger partial charge in [0.1, 0.15) is 0 Å². The summed E-state index contributed by atoms with van der Waals surface area (Å²) in [7, 11) is -0.0802. The molecule has 102 valence electrons. The highest BCUT2D eigenvalue weighted by Gasteiger charge is 2.19. The molecule has 0 saturated heterocycles. The van der Waals surface area contributed by atoms with Gasteiger partial charge in [0.2, 0.25) is 10.0 Å². The van der Waals surface area contributed by atoms with Gasteiger partial charge in [-0.05, 0) is 31.2 Å². The molecular weight excluding hydrogens is 252 g/mol. The lowest BCUT2D eigenvalue weighted by Gasteiger charge is -2.16. The highest BCUT2D eigenvalue weighted by molar-refractivity contribution is 7.89. The lowest BCUT2D eigenvalue weighted by atomic mass is 10.2. The van der Waals surface area contributed by atoms with E-state index in [4.69, 9.17) is 5.11 Å². The zero-order valence-electron chi connectivity index (χ0n) is 10.8. The SMILES string of the molecule is CNCc1ccc(S(=O)(=O)N(C)CCCO)cc1. The van der Waals surface area contributed by atoms with Gasteiger partial charge in [-0.2, -0.15) is 0 Å². The van der Waals surface area contributed by atoms with Crippen LogP contribution in [0.15, 0.2) is 29.2 Å². The fraction of sp³-hybridized carbons (Fsp3) is 0.500. The van der Waals surface area contributed by atoms with E-state index in [9.17, 15) is 8.42 Å². The van der Waals surface area contributed by atoms with Gasteiger partial charge in [-0.3, -0.25) is 0 Å². The van der Waals surface area contributed by atoms with E-state index in [0.717, 1.165) is 5.56 Å². The van der Waals surface area contributed by atoms with Crippen molar-refractivity contribution in [2.75, 3.05) is 27.2 Å². The molecule has 0 aliphatic carbocycles. The third-order valence-corrected chi connectivity index (χ3v) is 4.51. The van der Waals surface area contributed by atoms with Crippen molar-refractivity contribution in [3.05, 3.63) is 29.8 Å². The van der Waals surface area contributed by atoms with Crippen molar-refractivity contribution in [2.45, 2.75) is 17.9 Å². The third-order valence-electron chi connectivity index (χ3n) is 2.64. The van der Waals surface area contributed by atoms with E-state index in [2.05, 4.69) is 5.32 Å². The summed E-state index contributed by atoms with van der Waals surface area (Å²) in [5, 5.41) is 11.7. The molecule has 6 heteroatoms. The fourth-order valence-corrected chi connectivity index (χ4v) is 2.79. The van der Waals surface area contributed by atoms with Crippen molar-refractivity contribution in [1.29, 1.82) is 0 Å². The summed E-state index contributed by atoms with van der Waals surface area (Å²) in [5.74, 6) is 0. The number of nitrogens with zero attached hydrogens (tertiary/aromatic N) is 1. The molecule has 0 heterocycles. The van der Waals surface area contributed by atoms with Crippen LogP contribution in [0.1, 0.15) is 12.0 Å². The summed E-state index contributed by atoms with van der Waals surface area (Å²) < 4.78 is 25.5. The van der Waals surface area contributed by atoms with Crippen molar-refractivity contribution in [1.82, 2.24) is 9.62 Å². The first kappa shape index (κ1) is 15.1. The molecule has 0 aliphatic heterocycles. The van der Waals surface area contributed by atoms with E-state index >= 15 is 0 Å². The Bertz CT molecular complexity index is 457. The molecule has 0 fully saturated rings. The molecule has 5 nitrogen and oxygen atoms in total. The Kier molecular flexibility index (Phi) is 5.74. The summed E-state index contributed by atoms with van der Waals surface area (Å²) in [5.41, 5.74) is 1.04. The van der Waals surface area contributed by atoms with E-state index in [1.165, 1.54) is 11.4 Å². The Labute approximate surface area is 108 Å². The predicted octanol–water partition coefficient (Wildman–Crippen LogP) is 0.409. The van der Waals surface area contributed by atoms with Crippen molar-refractivity contribution in [3.8, 4) is 0 Å². The monoisotopic (exact) mass is 272 g/mol. The van der Waals surface area contributed by atoms with Gasteiger partial charge in [-0.25, -0.2) is 12.7 Å². The Hall–Kier alpha value is -0.950. The van der Waals surface area contributed by atoms with E-state index in [-0.39, 0.29) is 11.5 Å². The highest BCUT2D eigenvalue weighted by Crippen LogP contribution is 2.15. The Morgan fingerprint density at radius 1 is 1.28 bits per heavy atom. The molecule has 0 unspecified atom stereocenters. The van der Waals surface area contributed by atoms with Crippen LogP contribution in [0.25, 0.3) is 0 Å². The van der Waals surface area contributed by atoms with Crippen molar-refractivity contribution in [3.63, 3.8) is 0 Å². The Balaban J connectivity index is 2.84. The molecular formula is C12H20N2O3S. The number of aliphatic hydroxyl groups is 1. The maximum absolute atomic E-state index is 12.1. The van der Waals surface area contributed by atoms with E-state index in [1.54, 1.807) is 24.3 Å². The Morgan fingerprint density at radius 3 is 2.39 bits per heavy atom. The van der Waals surface area contributed by atoms with E-state index in [0.29, 0.717) is 19.5 Å². The molecule has 2 N–H and O–H groups in total. The minimum absolute atomic E-state index is 0.0129. The van der Waals surface area contributed by atoms with Gasteiger partial charge < -0.3 is 10.4 Å². The summed E-state index contributed by atoms with van der Waals surface area (Å²) in [6.07, 6.45) is 0.438. The second-order valence-electron chi connectivity index (χ2n) is 4.08. The number of nitrogens with one attached hydrogen (secondary N) is 1. The smallest absolute Gasteiger partial charge is 0.242 e. The lowest BCUT2D eigenvalue weighted by Crippen LogP contribution is -2.28. The number of hydrogen-bond acceptors (Lipinski definition) is 4. The molecule has 0 aromatic heterocycles. The second-order valence-corrected chi connectivity index (χ2v) is 6.12. The van der Waals surface area contributed by atoms with Gasteiger partial charge in [-0.15, -0.1) is 0 Å². The molecule has 0 amide bonds. The number of rotatable bonds is 7. The van der Waals surface area contributed by atoms with Crippen LogP contribution in [0, 0.1) is 0 Å². The predicted molar refractivity (Wildman–Crippen MR) is 70.7 cm³/mol. The summed E-state index contributed by atoms with van der Waals surface area (Å²) in [4.78, 5) is 0.280. The number of aliphatic hydroxyl groups excluding tert-OH is 1. The minimum atomic E-state index is -3.44. The quantitative estimate of drug-likeness (QED) is 0.754. The van der Waals surface area contributed by atoms with E-state index in [1.807, 2.05) is 7.05 Å². The Morgan fingerprint density at radius 2 is 1.89 bits per heavy atom. The van der Waals surface area contributed by atoms with Gasteiger partial charge in [0, 0.05) is 26.7 Å². The second kappa shape index (κ2) is 6.84. The van der Waals surface area contributed by atoms with Crippen LogP contribution >= 0.6 is 0 Å². The first-order valence-corrected chi connectivity index (χ1v) is 7.27. The zero-order valence-corrected chi connectivity index (χ0v) is 11.6. The standard InChI is InChI=1S/C12H20N2O3S/c1-13-10-11-4-6-12(7-5-11)18(16,17)14(2)8-3-9-15/h4-7,13,15H,3,8-10H2,1-2H3. The van der Waals surface area contributed by atoms with Gasteiger partial charge in [0.05, 0.1) is 4.90 Å². The lowest BCUT2D eigenvalue weighted by molar-refractivity contribution is 0.275. The van der Waals surface area contributed by atoms with Crippen molar-refractivity contribution < 1.29 is 13.5 Å². The van der Waals surface area contributed by atoms with Crippen LogP contribution in [-0.2, 0) is 16.6 Å². The van der Waals surface area contributed by atoms with Crippen molar-refractivity contribution >= 4 is 10.0 Å². The molecule has 0 atom stereocenters. The maximum Gasteiger partial charge on any atom is 0.242 e.